The molecule has 6 nitrogen and oxygen atoms in total. The summed E-state index contributed by atoms with van der Waals surface area (Å²) in [5.41, 5.74) is 0. The molecule has 0 aliphatic carbocycles. The quantitative estimate of drug-likeness (QED) is 0.0344. The zero-order valence-electron chi connectivity index (χ0n) is 43.2. The van der Waals surface area contributed by atoms with Crippen LogP contribution in [0.4, 0.5) is 0 Å². The standard InChI is InChI=1S/C56H109N2O4P/c1-7-9-11-13-15-17-19-21-23-25-27-29-31-33-35-37-39-41-43-45-49-59-52-56(53-62-63(61-51-47-48-57)58(54(3)4)55(5)6)60-50-46-44-42-40-38-36-34-32-30-28-26-24-22-20-18-16-14-12-10-8-2/h21-24,54-56H,7-20,25-47,49-53H2,1-6H3/b23-21-,24-22-. The molecule has 0 bridgehead atoms. The molecule has 2 unspecified atom stereocenters. The minimum Gasteiger partial charge on any atom is -0.379 e. The molecule has 0 radical (unpaired) electrons. The molecule has 0 saturated heterocycles. The highest BCUT2D eigenvalue weighted by atomic mass is 31.2. The van der Waals surface area contributed by atoms with Crippen LogP contribution in [0.25, 0.3) is 0 Å². The van der Waals surface area contributed by atoms with E-state index >= 15 is 0 Å². The fraction of sp³-hybridized carbons (Fsp3) is 0.911. The van der Waals surface area contributed by atoms with Crippen LogP contribution in [0.1, 0.15) is 279 Å². The van der Waals surface area contributed by atoms with Gasteiger partial charge in [0.15, 0.2) is 0 Å². The lowest BCUT2D eigenvalue weighted by atomic mass is 10.1. The Hall–Kier alpha value is -0.800. The Morgan fingerprint density at radius 1 is 0.429 bits per heavy atom. The predicted molar refractivity (Wildman–Crippen MR) is 278 cm³/mol. The van der Waals surface area contributed by atoms with Gasteiger partial charge >= 0.3 is 0 Å². The molecule has 0 aliphatic heterocycles. The van der Waals surface area contributed by atoms with Gasteiger partial charge in [0.05, 0.1) is 32.3 Å². The summed E-state index contributed by atoms with van der Waals surface area (Å²) in [5, 5.41) is 9.13. The Balaban J connectivity index is 4.27. The summed E-state index contributed by atoms with van der Waals surface area (Å²) in [6.45, 7) is 16.2. The summed E-state index contributed by atoms with van der Waals surface area (Å²) in [6.07, 6.45) is 58.2. The molecule has 63 heavy (non-hydrogen) atoms. The van der Waals surface area contributed by atoms with Gasteiger partial charge in [-0.3, -0.25) is 0 Å². The SMILES string of the molecule is CCCCCCCC/C=C\CCCCCCCCCCCCOCC(COP(OCCC#N)N(C(C)C)C(C)C)OCCCCCCCCCCCC/C=C\CCCCCCCC. The van der Waals surface area contributed by atoms with Crippen molar-refractivity contribution in [1.82, 2.24) is 4.67 Å². The highest BCUT2D eigenvalue weighted by molar-refractivity contribution is 7.44. The van der Waals surface area contributed by atoms with Gasteiger partial charge < -0.3 is 18.5 Å². The van der Waals surface area contributed by atoms with Gasteiger partial charge in [0.25, 0.3) is 8.53 Å². The largest absolute Gasteiger partial charge is 0.379 e. The maximum atomic E-state index is 9.13. The molecule has 0 fully saturated rings. The third-order valence-corrected chi connectivity index (χ3v) is 14.2. The van der Waals surface area contributed by atoms with Crippen molar-refractivity contribution in [2.45, 2.75) is 297 Å². The first-order valence-electron chi connectivity index (χ1n) is 27.7. The lowest BCUT2D eigenvalue weighted by Gasteiger charge is -2.36. The smallest absolute Gasteiger partial charge is 0.259 e. The molecule has 0 spiro atoms. The fourth-order valence-electron chi connectivity index (χ4n) is 8.28. The van der Waals surface area contributed by atoms with Crippen LogP contribution in [-0.4, -0.2) is 55.9 Å². The minimum absolute atomic E-state index is 0.118. The zero-order chi connectivity index (χ0) is 45.9. The van der Waals surface area contributed by atoms with Gasteiger partial charge in [-0.05, 0) is 91.9 Å². The normalized spacial score (nSPS) is 13.1. The monoisotopic (exact) mass is 905 g/mol. The summed E-state index contributed by atoms with van der Waals surface area (Å²) >= 11 is 0. The number of allylic oxidation sites excluding steroid dienone is 4. The van der Waals surface area contributed by atoms with E-state index in [2.05, 4.69) is 76.6 Å². The molecule has 0 N–H and O–H groups in total. The highest BCUT2D eigenvalue weighted by Crippen LogP contribution is 2.46. The van der Waals surface area contributed by atoms with Gasteiger partial charge in [-0.1, -0.05) is 205 Å². The number of rotatable bonds is 52. The molecule has 0 aliphatic rings. The number of hydrogen-bond donors (Lipinski definition) is 0. The fourth-order valence-corrected chi connectivity index (χ4v) is 9.92. The predicted octanol–water partition coefficient (Wildman–Crippen LogP) is 18.9. The Morgan fingerprint density at radius 3 is 1.14 bits per heavy atom. The summed E-state index contributed by atoms with van der Waals surface area (Å²) in [4.78, 5) is 0. The number of ether oxygens (including phenoxy) is 2. The molecular formula is C56H109N2O4P. The summed E-state index contributed by atoms with van der Waals surface area (Å²) in [5.74, 6) is 0. The molecule has 0 aromatic carbocycles. The molecule has 0 aromatic rings. The van der Waals surface area contributed by atoms with Crippen LogP contribution >= 0.6 is 8.53 Å². The van der Waals surface area contributed by atoms with Gasteiger partial charge in [0, 0.05) is 25.3 Å². The van der Waals surface area contributed by atoms with Gasteiger partial charge in [0.1, 0.15) is 6.10 Å². The second kappa shape index (κ2) is 52.2. The van der Waals surface area contributed by atoms with E-state index in [9.17, 15) is 0 Å². The van der Waals surface area contributed by atoms with Gasteiger partial charge in [0.2, 0.25) is 0 Å². The van der Waals surface area contributed by atoms with Crippen molar-refractivity contribution in [1.29, 1.82) is 5.26 Å². The van der Waals surface area contributed by atoms with E-state index in [1.165, 1.54) is 218 Å². The molecule has 0 saturated carbocycles. The molecule has 0 aromatic heterocycles. The minimum atomic E-state index is -1.29. The maximum Gasteiger partial charge on any atom is 0.259 e. The third kappa shape index (κ3) is 46.1. The third-order valence-electron chi connectivity index (χ3n) is 12.1. The molecule has 0 rings (SSSR count). The number of unbranched alkanes of at least 4 members (excludes halogenated alkanes) is 32. The van der Waals surface area contributed by atoms with E-state index in [4.69, 9.17) is 23.8 Å². The molecule has 372 valence electrons. The van der Waals surface area contributed by atoms with E-state index in [0.717, 1.165) is 26.1 Å². The van der Waals surface area contributed by atoms with Crippen LogP contribution in [0.2, 0.25) is 0 Å². The van der Waals surface area contributed by atoms with Crippen molar-refractivity contribution in [3.8, 4) is 6.07 Å². The van der Waals surface area contributed by atoms with Gasteiger partial charge in [-0.2, -0.15) is 5.26 Å². The van der Waals surface area contributed by atoms with Crippen LogP contribution in [0, 0.1) is 11.3 Å². The summed E-state index contributed by atoms with van der Waals surface area (Å²) in [7, 11) is -1.29. The second-order valence-electron chi connectivity index (χ2n) is 19.1. The first kappa shape index (κ1) is 62.2. The van der Waals surface area contributed by atoms with E-state index in [-0.39, 0.29) is 18.2 Å². The summed E-state index contributed by atoms with van der Waals surface area (Å²) < 4.78 is 27.6. The first-order valence-corrected chi connectivity index (χ1v) is 28.8. The van der Waals surface area contributed by atoms with Crippen LogP contribution in [-0.2, 0) is 18.5 Å². The topological polar surface area (TPSA) is 64.0 Å². The maximum absolute atomic E-state index is 9.13. The number of nitriles is 1. The van der Waals surface area contributed by atoms with E-state index in [1.807, 2.05) is 0 Å². The average Bonchev–Trinajstić information content (AvgIpc) is 3.27. The molecule has 0 amide bonds. The molecular weight excluding hydrogens is 796 g/mol. The summed E-state index contributed by atoms with van der Waals surface area (Å²) in [6, 6.07) is 2.76. The van der Waals surface area contributed by atoms with Gasteiger partial charge in [-0.25, -0.2) is 4.67 Å². The van der Waals surface area contributed by atoms with Crippen molar-refractivity contribution >= 4 is 8.53 Å². The Bertz CT molecular complexity index is 977. The van der Waals surface area contributed by atoms with E-state index in [0.29, 0.717) is 26.2 Å². The zero-order valence-corrected chi connectivity index (χ0v) is 44.1. The van der Waals surface area contributed by atoms with Crippen molar-refractivity contribution in [2.24, 2.45) is 0 Å². The van der Waals surface area contributed by atoms with Crippen molar-refractivity contribution < 1.29 is 18.5 Å². The lowest BCUT2D eigenvalue weighted by molar-refractivity contribution is -0.0412. The van der Waals surface area contributed by atoms with Crippen LogP contribution < -0.4 is 0 Å². The number of hydrogen-bond acceptors (Lipinski definition) is 6. The number of nitrogens with zero attached hydrogens (tertiary/aromatic N) is 2. The van der Waals surface area contributed by atoms with Crippen LogP contribution in [0.3, 0.4) is 0 Å². The second-order valence-corrected chi connectivity index (χ2v) is 20.6. The Kier molecular flexibility index (Phi) is 51.5. The Morgan fingerprint density at radius 2 is 0.778 bits per heavy atom. The van der Waals surface area contributed by atoms with Crippen LogP contribution in [0.15, 0.2) is 24.3 Å². The first-order chi connectivity index (χ1) is 31.0. The van der Waals surface area contributed by atoms with Crippen LogP contribution in [0.5, 0.6) is 0 Å². The van der Waals surface area contributed by atoms with Crippen molar-refractivity contribution in [3.05, 3.63) is 24.3 Å². The molecule has 0 heterocycles. The van der Waals surface area contributed by atoms with E-state index in [1.54, 1.807) is 0 Å². The van der Waals surface area contributed by atoms with Gasteiger partial charge in [-0.15, -0.1) is 0 Å². The molecule has 2 atom stereocenters. The lowest BCUT2D eigenvalue weighted by Crippen LogP contribution is -2.35. The highest BCUT2D eigenvalue weighted by Gasteiger charge is 2.28. The van der Waals surface area contributed by atoms with Crippen molar-refractivity contribution in [2.75, 3.05) is 33.0 Å². The average molecular weight is 905 g/mol. The Labute approximate surface area is 396 Å². The van der Waals surface area contributed by atoms with Crippen molar-refractivity contribution in [3.63, 3.8) is 0 Å². The molecule has 7 heteroatoms. The van der Waals surface area contributed by atoms with E-state index < -0.39 is 8.53 Å².